The molecule has 0 saturated carbocycles. The van der Waals surface area contributed by atoms with Crippen molar-refractivity contribution in [2.45, 2.75) is 91.2 Å². The van der Waals surface area contributed by atoms with Gasteiger partial charge >= 0.3 is 12.1 Å². The molecule has 1 aliphatic heterocycles. The van der Waals surface area contributed by atoms with Gasteiger partial charge in [-0.2, -0.15) is 0 Å². The van der Waals surface area contributed by atoms with Crippen molar-refractivity contribution in [3.05, 3.63) is 123 Å². The summed E-state index contributed by atoms with van der Waals surface area (Å²) in [6.07, 6.45) is 0.606. The molecule has 0 spiro atoms. The summed E-state index contributed by atoms with van der Waals surface area (Å²) in [6, 6.07) is 19.4. The molecule has 1 saturated heterocycles. The van der Waals surface area contributed by atoms with Crippen molar-refractivity contribution in [3.8, 4) is 11.3 Å². The zero-order valence-corrected chi connectivity index (χ0v) is 39.1. The second kappa shape index (κ2) is 21.8. The fraction of sp³-hybridized carbons (Fsp3) is 0.426. The van der Waals surface area contributed by atoms with Crippen LogP contribution in [0.25, 0.3) is 11.3 Å². The molecule has 64 heavy (non-hydrogen) atoms. The van der Waals surface area contributed by atoms with Gasteiger partial charge in [-0.1, -0.05) is 102 Å². The number of nitrogens with one attached hydrogen (secondary N) is 3. The lowest BCUT2D eigenvalue weighted by Gasteiger charge is -2.36. The molecule has 0 aliphatic carbocycles. The first kappa shape index (κ1) is 47.7. The predicted molar refractivity (Wildman–Crippen MR) is 248 cm³/mol. The topological polar surface area (TPSA) is 182 Å². The number of amides is 5. The Hall–Kier alpha value is -5.75. The highest BCUT2D eigenvalue weighted by molar-refractivity contribution is 7.09. The van der Waals surface area contributed by atoms with Crippen molar-refractivity contribution in [2.75, 3.05) is 26.7 Å². The number of benzene rings is 2. The Morgan fingerprint density at radius 2 is 1.62 bits per heavy atom. The molecule has 1 unspecified atom stereocenters. The van der Waals surface area contributed by atoms with Gasteiger partial charge in [0.05, 0.1) is 46.9 Å². The van der Waals surface area contributed by atoms with Crippen molar-refractivity contribution in [2.24, 2.45) is 11.3 Å². The van der Waals surface area contributed by atoms with E-state index in [4.69, 9.17) is 9.72 Å². The number of alkyl carbamates (subject to hydrolysis) is 1. The molecule has 5 amide bonds. The average molecular weight is 910 g/mol. The van der Waals surface area contributed by atoms with Crippen LogP contribution in [0.1, 0.15) is 74.6 Å². The van der Waals surface area contributed by atoms with Crippen LogP contribution in [0.4, 0.5) is 9.59 Å². The molecule has 3 aromatic heterocycles. The first-order valence-electron chi connectivity index (χ1n) is 21.5. The maximum atomic E-state index is 14.8. The van der Waals surface area contributed by atoms with Crippen molar-refractivity contribution >= 4 is 46.6 Å². The number of thiazole rings is 2. The molecule has 6 atom stereocenters. The van der Waals surface area contributed by atoms with Gasteiger partial charge in [0, 0.05) is 48.7 Å². The lowest BCUT2D eigenvalue weighted by atomic mass is 9.86. The van der Waals surface area contributed by atoms with E-state index in [0.717, 1.165) is 38.8 Å². The molecule has 17 heteroatoms. The summed E-state index contributed by atoms with van der Waals surface area (Å²) >= 11 is 2.95. The van der Waals surface area contributed by atoms with Crippen LogP contribution in [0.3, 0.4) is 0 Å². The van der Waals surface area contributed by atoms with E-state index >= 15 is 0 Å². The van der Waals surface area contributed by atoms with Gasteiger partial charge in [0.25, 0.3) is 5.91 Å². The monoisotopic (exact) mass is 909 g/mol. The van der Waals surface area contributed by atoms with Gasteiger partial charge in [0.1, 0.15) is 18.1 Å². The van der Waals surface area contributed by atoms with Crippen molar-refractivity contribution in [1.29, 1.82) is 0 Å². The minimum absolute atomic E-state index is 0.118. The second-order valence-corrected chi connectivity index (χ2v) is 19.0. The number of aliphatic hydroxyl groups excluding tert-OH is 1. The predicted octanol–water partition coefficient (Wildman–Crippen LogP) is 6.60. The zero-order chi connectivity index (χ0) is 46.0. The highest BCUT2D eigenvalue weighted by atomic mass is 32.1. The number of nitrogens with zero attached hydrogens (tertiary/aromatic N) is 6. The molecule has 2 aromatic carbocycles. The number of carbonyl (C=O) groups excluding carboxylic acids is 4. The van der Waals surface area contributed by atoms with E-state index in [2.05, 4.69) is 26.0 Å². The normalized spacial score (nSPS) is 15.9. The van der Waals surface area contributed by atoms with Gasteiger partial charge in [-0.3, -0.25) is 20.0 Å². The molecule has 5 aromatic rings. The lowest BCUT2D eigenvalue weighted by molar-refractivity contribution is -0.132. The van der Waals surface area contributed by atoms with Gasteiger partial charge in [-0.05, 0) is 47.9 Å². The van der Waals surface area contributed by atoms with E-state index in [1.165, 1.54) is 29.8 Å². The number of rotatable bonds is 19. The summed E-state index contributed by atoms with van der Waals surface area (Å²) < 4.78 is 4.85. The summed E-state index contributed by atoms with van der Waals surface area (Å²) in [5, 5.41) is 24.5. The van der Waals surface area contributed by atoms with Crippen LogP contribution in [0, 0.1) is 18.3 Å². The van der Waals surface area contributed by atoms with Gasteiger partial charge in [0.2, 0.25) is 5.91 Å². The summed E-state index contributed by atoms with van der Waals surface area (Å²) in [4.78, 5) is 72.9. The minimum atomic E-state index is -1.23. The first-order chi connectivity index (χ1) is 30.7. The largest absolute Gasteiger partial charge is 0.453 e. The Morgan fingerprint density at radius 1 is 0.906 bits per heavy atom. The molecule has 1 aliphatic rings. The van der Waals surface area contributed by atoms with Gasteiger partial charge in [-0.25, -0.2) is 24.6 Å². The highest BCUT2D eigenvalue weighted by Gasteiger charge is 2.44. The first-order valence-corrected chi connectivity index (χ1v) is 23.3. The van der Waals surface area contributed by atoms with E-state index in [1.807, 2.05) is 125 Å². The van der Waals surface area contributed by atoms with Crippen LogP contribution >= 0.6 is 22.7 Å². The van der Waals surface area contributed by atoms with E-state index in [0.29, 0.717) is 19.5 Å². The molecule has 0 bridgehead atoms. The fourth-order valence-corrected chi connectivity index (χ4v) is 9.07. The van der Waals surface area contributed by atoms with E-state index < -0.39 is 53.6 Å². The van der Waals surface area contributed by atoms with Crippen LogP contribution in [0.15, 0.2) is 95.3 Å². The molecular formula is C47H59N9O6S2. The maximum absolute atomic E-state index is 14.8. The van der Waals surface area contributed by atoms with Crippen molar-refractivity contribution < 1.29 is 29.0 Å². The SMILES string of the molecule is CC[C@H](C)[C@@H](C(=O)N[C@@H](Cc1ccccc1)[C@@H](O)CN(Cc1ccc(-c2ccccn2)cc1)NC(=O)[C@@H](NC(=O)OC)C(C)(C)C)N1CCN(C(c2cscn2)c2csc(C)n2)C1=O. The standard InChI is InChI=1S/C47H59N9O6S2/c1-8-30(2)40(55-22-23-56(46(55)61)41(37-27-63-29-49-37)38-28-64-31(3)50-38)43(58)51-36(24-32-14-10-9-11-15-32)39(57)26-54(53-44(59)42(47(4,5)6)52-45(60)62-7)25-33-17-19-34(20-18-33)35-16-12-13-21-48-35/h9-21,27-30,36,39-42,57H,8,22-26H2,1-7H3,(H,51,58)(H,52,60)(H,53,59)/t30-,36-,39-,40-,41?,42+/m0/s1. The summed E-state index contributed by atoms with van der Waals surface area (Å²) in [6.45, 7) is 12.1. The van der Waals surface area contributed by atoms with Crippen LogP contribution in [-0.4, -0.2) is 110 Å². The lowest BCUT2D eigenvalue weighted by Crippen LogP contribution is -2.60. The summed E-state index contributed by atoms with van der Waals surface area (Å²) in [7, 11) is 1.23. The quantitative estimate of drug-likeness (QED) is 0.0659. The third-order valence-corrected chi connectivity index (χ3v) is 12.8. The van der Waals surface area contributed by atoms with Crippen molar-refractivity contribution in [3.63, 3.8) is 0 Å². The second-order valence-electron chi connectivity index (χ2n) is 17.2. The van der Waals surface area contributed by atoms with E-state index in [-0.39, 0.29) is 31.5 Å². The van der Waals surface area contributed by atoms with Crippen LogP contribution in [0.2, 0.25) is 0 Å². The number of aliphatic hydroxyl groups is 1. The average Bonchev–Trinajstić information content (AvgIpc) is 4.06. The third-order valence-electron chi connectivity index (χ3n) is 11.5. The minimum Gasteiger partial charge on any atom is -0.453 e. The molecule has 15 nitrogen and oxygen atoms in total. The molecule has 0 radical (unpaired) electrons. The maximum Gasteiger partial charge on any atom is 0.407 e. The van der Waals surface area contributed by atoms with E-state index in [1.54, 1.807) is 26.5 Å². The number of methoxy groups -OCH3 is 1. The summed E-state index contributed by atoms with van der Waals surface area (Å²) in [5.74, 6) is -1.15. The van der Waals surface area contributed by atoms with Crippen LogP contribution < -0.4 is 16.1 Å². The number of aromatic nitrogens is 3. The van der Waals surface area contributed by atoms with E-state index in [9.17, 15) is 24.3 Å². The molecule has 340 valence electrons. The van der Waals surface area contributed by atoms with Gasteiger partial charge in [0.15, 0.2) is 0 Å². The molecule has 4 heterocycles. The number of pyridine rings is 1. The number of aryl methyl sites for hydroxylation is 1. The molecule has 6 rings (SSSR count). The Labute approximate surface area is 383 Å². The molecule has 1 fully saturated rings. The smallest absolute Gasteiger partial charge is 0.407 e. The number of hydrogen-bond donors (Lipinski definition) is 4. The Kier molecular flexibility index (Phi) is 16.2. The zero-order valence-electron chi connectivity index (χ0n) is 37.4. The Morgan fingerprint density at radius 3 is 2.23 bits per heavy atom. The Balaban J connectivity index is 1.28. The van der Waals surface area contributed by atoms with Crippen molar-refractivity contribution in [1.82, 2.24) is 45.8 Å². The number of carbonyl (C=O) groups is 4. The number of hydrazine groups is 1. The third kappa shape index (κ3) is 12.1. The van der Waals surface area contributed by atoms with Crippen LogP contribution in [0.5, 0.6) is 0 Å². The van der Waals surface area contributed by atoms with Gasteiger partial charge in [-0.15, -0.1) is 22.7 Å². The number of urea groups is 1. The molecular weight excluding hydrogens is 851 g/mol. The highest BCUT2D eigenvalue weighted by Crippen LogP contribution is 2.34. The Bertz CT molecular complexity index is 2290. The van der Waals surface area contributed by atoms with Crippen LogP contribution in [-0.2, 0) is 27.3 Å². The van der Waals surface area contributed by atoms with Gasteiger partial charge < -0.3 is 30.3 Å². The summed E-state index contributed by atoms with van der Waals surface area (Å²) in [5.41, 5.74) is 8.85. The number of ether oxygens (including phenoxy) is 1. The number of hydrogen-bond acceptors (Lipinski definition) is 12. The fourth-order valence-electron chi connectivity index (χ4n) is 7.86. The molecule has 4 N–H and O–H groups in total.